The Kier molecular flexibility index (Phi) is 4.30. The summed E-state index contributed by atoms with van der Waals surface area (Å²) in [5.41, 5.74) is 2.75. The fraction of sp³-hybridized carbons (Fsp3) is 0.667. The summed E-state index contributed by atoms with van der Waals surface area (Å²) in [6.07, 6.45) is 8.51. The second kappa shape index (κ2) is 6.17. The Labute approximate surface area is 123 Å². The van der Waals surface area contributed by atoms with Gasteiger partial charge in [0.25, 0.3) is 0 Å². The Morgan fingerprint density at radius 1 is 1.10 bits per heavy atom. The molecule has 2 fully saturated rings. The fourth-order valence-corrected chi connectivity index (χ4v) is 4.14. The molecule has 1 aromatic rings. The highest BCUT2D eigenvalue weighted by Crippen LogP contribution is 2.32. The molecule has 1 saturated carbocycles. The van der Waals surface area contributed by atoms with Crippen molar-refractivity contribution >= 4 is 5.69 Å². The van der Waals surface area contributed by atoms with E-state index < -0.39 is 0 Å². The van der Waals surface area contributed by atoms with E-state index in [-0.39, 0.29) is 0 Å². The van der Waals surface area contributed by atoms with Crippen molar-refractivity contribution in [1.82, 2.24) is 5.32 Å². The summed E-state index contributed by atoms with van der Waals surface area (Å²) < 4.78 is 0. The van der Waals surface area contributed by atoms with Gasteiger partial charge in [0.2, 0.25) is 0 Å². The zero-order valence-corrected chi connectivity index (χ0v) is 12.9. The molecule has 1 N–H and O–H groups in total. The van der Waals surface area contributed by atoms with Gasteiger partial charge in [-0.1, -0.05) is 31.0 Å². The lowest BCUT2D eigenvalue weighted by Crippen LogP contribution is -2.52. The maximum atomic E-state index is 3.93. The Hall–Kier alpha value is -1.02. The molecule has 2 aliphatic rings. The van der Waals surface area contributed by atoms with E-state index >= 15 is 0 Å². The summed E-state index contributed by atoms with van der Waals surface area (Å²) in [6.45, 7) is 3.34. The van der Waals surface area contributed by atoms with Crippen LogP contribution in [0.2, 0.25) is 0 Å². The first-order valence-electron chi connectivity index (χ1n) is 8.27. The third-order valence-corrected chi connectivity index (χ3v) is 5.27. The largest absolute Gasteiger partial charge is 0.373 e. The van der Waals surface area contributed by atoms with Crippen molar-refractivity contribution in [3.8, 4) is 0 Å². The quantitative estimate of drug-likeness (QED) is 0.901. The van der Waals surface area contributed by atoms with Crippen LogP contribution in [0.4, 0.5) is 5.69 Å². The lowest BCUT2D eigenvalue weighted by molar-refractivity contribution is 0.178. The molecule has 1 saturated heterocycles. The highest BCUT2D eigenvalue weighted by atomic mass is 15.1. The van der Waals surface area contributed by atoms with Crippen LogP contribution in [-0.2, 0) is 0 Å². The van der Waals surface area contributed by atoms with Crippen LogP contribution in [0.5, 0.6) is 0 Å². The monoisotopic (exact) mass is 272 g/mol. The van der Waals surface area contributed by atoms with E-state index in [1.54, 1.807) is 0 Å². The molecule has 110 valence electrons. The second-order valence-corrected chi connectivity index (χ2v) is 6.76. The van der Waals surface area contributed by atoms with E-state index in [0.29, 0.717) is 6.04 Å². The Balaban J connectivity index is 1.59. The van der Waals surface area contributed by atoms with Crippen molar-refractivity contribution in [2.75, 3.05) is 18.5 Å². The molecule has 1 aliphatic heterocycles. The van der Waals surface area contributed by atoms with E-state index in [4.69, 9.17) is 0 Å². The van der Waals surface area contributed by atoms with Crippen molar-refractivity contribution in [1.29, 1.82) is 0 Å². The van der Waals surface area contributed by atoms with E-state index in [1.807, 2.05) is 0 Å². The molecule has 0 bridgehead atoms. The summed E-state index contributed by atoms with van der Waals surface area (Å²) in [4.78, 5) is 2.43. The van der Waals surface area contributed by atoms with Crippen molar-refractivity contribution in [2.24, 2.45) is 5.92 Å². The van der Waals surface area contributed by atoms with Crippen LogP contribution in [-0.4, -0.2) is 25.7 Å². The minimum Gasteiger partial charge on any atom is -0.373 e. The summed E-state index contributed by atoms with van der Waals surface area (Å²) >= 11 is 0. The van der Waals surface area contributed by atoms with Crippen LogP contribution in [0.1, 0.15) is 44.1 Å². The maximum absolute atomic E-state index is 3.93. The van der Waals surface area contributed by atoms with Crippen molar-refractivity contribution in [3.05, 3.63) is 29.8 Å². The van der Waals surface area contributed by atoms with Gasteiger partial charge in [0.1, 0.15) is 0 Å². The van der Waals surface area contributed by atoms with Gasteiger partial charge in [-0.3, -0.25) is 0 Å². The van der Waals surface area contributed by atoms with Gasteiger partial charge in [-0.2, -0.15) is 0 Å². The highest BCUT2D eigenvalue weighted by molar-refractivity contribution is 5.52. The van der Waals surface area contributed by atoms with Crippen molar-refractivity contribution in [3.63, 3.8) is 0 Å². The van der Waals surface area contributed by atoms with Gasteiger partial charge in [-0.05, 0) is 50.2 Å². The summed E-state index contributed by atoms with van der Waals surface area (Å²) in [7, 11) is 2.23. The average molecular weight is 272 g/mol. The highest BCUT2D eigenvalue weighted by Gasteiger charge is 2.31. The number of hydrogen-bond donors (Lipinski definition) is 1. The number of hydrogen-bond acceptors (Lipinski definition) is 2. The number of piperidine rings is 1. The molecule has 3 atom stereocenters. The number of nitrogens with one attached hydrogen (secondary N) is 1. The smallest absolute Gasteiger partial charge is 0.0393 e. The molecule has 2 heteroatoms. The molecule has 1 aliphatic carbocycles. The number of rotatable bonds is 3. The number of aryl methyl sites for hydroxylation is 1. The zero-order valence-electron chi connectivity index (χ0n) is 12.9. The second-order valence-electron chi connectivity index (χ2n) is 6.76. The molecular weight excluding hydrogens is 244 g/mol. The molecule has 0 amide bonds. The first-order valence-corrected chi connectivity index (χ1v) is 8.27. The number of benzene rings is 1. The first-order chi connectivity index (χ1) is 9.74. The van der Waals surface area contributed by atoms with Gasteiger partial charge >= 0.3 is 0 Å². The van der Waals surface area contributed by atoms with Crippen molar-refractivity contribution in [2.45, 2.75) is 57.5 Å². The Morgan fingerprint density at radius 3 is 2.75 bits per heavy atom. The number of likely N-dealkylation sites (N-methyl/N-ethyl adjacent to an activating group) is 1. The fourth-order valence-electron chi connectivity index (χ4n) is 4.14. The molecule has 0 spiro atoms. The molecule has 0 aromatic heterocycles. The molecule has 0 radical (unpaired) electrons. The van der Waals surface area contributed by atoms with Crippen LogP contribution < -0.4 is 10.2 Å². The van der Waals surface area contributed by atoms with Crippen LogP contribution in [0.3, 0.4) is 0 Å². The minimum atomic E-state index is 0.666. The van der Waals surface area contributed by atoms with E-state index in [9.17, 15) is 0 Å². The van der Waals surface area contributed by atoms with Gasteiger partial charge in [0.15, 0.2) is 0 Å². The Morgan fingerprint density at radius 2 is 1.90 bits per heavy atom. The van der Waals surface area contributed by atoms with Gasteiger partial charge in [0.05, 0.1) is 0 Å². The first kappa shape index (κ1) is 13.9. The summed E-state index contributed by atoms with van der Waals surface area (Å²) in [5, 5.41) is 3.93. The van der Waals surface area contributed by atoms with E-state index in [1.165, 1.54) is 49.8 Å². The summed E-state index contributed by atoms with van der Waals surface area (Å²) in [5.74, 6) is 0.962. The third-order valence-electron chi connectivity index (χ3n) is 5.27. The van der Waals surface area contributed by atoms with Crippen LogP contribution in [0.15, 0.2) is 24.3 Å². The van der Waals surface area contributed by atoms with E-state index in [2.05, 4.69) is 48.5 Å². The van der Waals surface area contributed by atoms with Crippen LogP contribution in [0.25, 0.3) is 0 Å². The van der Waals surface area contributed by atoms with Crippen LogP contribution in [0, 0.1) is 12.8 Å². The van der Waals surface area contributed by atoms with E-state index in [0.717, 1.165) is 18.5 Å². The number of nitrogens with zero attached hydrogens (tertiary/aromatic N) is 1. The van der Waals surface area contributed by atoms with Gasteiger partial charge in [0, 0.05) is 31.4 Å². The van der Waals surface area contributed by atoms with Gasteiger partial charge < -0.3 is 10.2 Å². The minimum absolute atomic E-state index is 0.666. The number of anilines is 1. The lowest BCUT2D eigenvalue weighted by Gasteiger charge is -2.42. The lowest BCUT2D eigenvalue weighted by atomic mass is 9.78. The number of para-hydroxylation sites is 1. The molecule has 2 nitrogen and oxygen atoms in total. The average Bonchev–Trinajstić information content (AvgIpc) is 2.47. The van der Waals surface area contributed by atoms with Crippen molar-refractivity contribution < 1.29 is 0 Å². The Bertz CT molecular complexity index is 443. The van der Waals surface area contributed by atoms with Gasteiger partial charge in [-0.25, -0.2) is 0 Å². The predicted octanol–water partition coefficient (Wildman–Crippen LogP) is 3.74. The maximum Gasteiger partial charge on any atom is 0.0393 e. The number of fused-ring (bicyclic) bond motifs is 1. The molecule has 3 rings (SSSR count). The normalized spacial score (nSPS) is 29.8. The van der Waals surface area contributed by atoms with Gasteiger partial charge in [-0.15, -0.1) is 0 Å². The zero-order chi connectivity index (χ0) is 13.9. The predicted molar refractivity (Wildman–Crippen MR) is 86.4 cm³/mol. The van der Waals surface area contributed by atoms with Crippen LogP contribution >= 0.6 is 0 Å². The molecule has 3 unspecified atom stereocenters. The molecule has 1 heterocycles. The topological polar surface area (TPSA) is 15.3 Å². The molecule has 1 aromatic carbocycles. The molecular formula is C18H28N2. The molecule has 20 heavy (non-hydrogen) atoms. The third kappa shape index (κ3) is 3.01. The summed E-state index contributed by atoms with van der Waals surface area (Å²) in [6, 6.07) is 10.2. The standard InChI is InChI=1S/C18H28N2/c1-14-7-3-6-10-18(14)20(2)13-16-12-11-15-8-4-5-9-17(15)19-16/h3,6-7,10,15-17,19H,4-5,8-9,11-13H2,1-2H3. The SMILES string of the molecule is Cc1ccccc1N(C)CC1CCC2CCCCC2N1.